The van der Waals surface area contributed by atoms with Gasteiger partial charge in [-0.05, 0) is 43.5 Å². The minimum atomic E-state index is -3.83. The number of carbonyl (C=O) groups excluding carboxylic acids is 1. The standard InChI is InChI=1S/C20H24ClN5O3S/c1-12(2)18-19(27)23-30(28,29)26(18)10-8-16-13(3)22-24(4)20(16)25-9-7-14-11-15(21)5-6-17(14)25/h5-7,9,11-12,18H,8,10H2,1-4H3,(H,23,27)/t18-/m1/s1. The minimum absolute atomic E-state index is 0.130. The van der Waals surface area contributed by atoms with Crippen LogP contribution in [-0.4, -0.2) is 45.6 Å². The molecule has 30 heavy (non-hydrogen) atoms. The molecule has 1 aromatic carbocycles. The van der Waals surface area contributed by atoms with Crippen molar-refractivity contribution >= 4 is 38.6 Å². The second-order valence-corrected chi connectivity index (χ2v) is 9.98. The van der Waals surface area contributed by atoms with Crippen molar-refractivity contribution in [2.75, 3.05) is 6.54 Å². The van der Waals surface area contributed by atoms with Gasteiger partial charge in [-0.25, -0.2) is 4.72 Å². The molecule has 0 unspecified atom stereocenters. The highest BCUT2D eigenvalue weighted by atomic mass is 35.5. The summed E-state index contributed by atoms with van der Waals surface area (Å²) >= 11 is 6.12. The number of nitrogens with zero attached hydrogens (tertiary/aromatic N) is 4. The van der Waals surface area contributed by atoms with Gasteiger partial charge in [-0.3, -0.25) is 9.48 Å². The topological polar surface area (TPSA) is 89.2 Å². The molecule has 0 aliphatic carbocycles. The predicted octanol–water partition coefficient (Wildman–Crippen LogP) is 2.57. The number of hydrogen-bond acceptors (Lipinski definition) is 4. The molecular formula is C20H24ClN5O3S. The highest BCUT2D eigenvalue weighted by Crippen LogP contribution is 2.28. The summed E-state index contributed by atoms with van der Waals surface area (Å²) in [4.78, 5) is 12.2. The quantitative estimate of drug-likeness (QED) is 0.648. The summed E-state index contributed by atoms with van der Waals surface area (Å²) < 4.78 is 32.2. The monoisotopic (exact) mass is 449 g/mol. The summed E-state index contributed by atoms with van der Waals surface area (Å²) in [6.45, 7) is 5.78. The molecular weight excluding hydrogens is 426 g/mol. The van der Waals surface area contributed by atoms with E-state index in [1.54, 1.807) is 4.68 Å². The van der Waals surface area contributed by atoms with Gasteiger partial charge in [-0.15, -0.1) is 0 Å². The number of hydrogen-bond donors (Lipinski definition) is 1. The number of rotatable bonds is 5. The molecule has 2 aromatic heterocycles. The molecule has 0 spiro atoms. The van der Waals surface area contributed by atoms with E-state index in [4.69, 9.17) is 11.6 Å². The van der Waals surface area contributed by atoms with Crippen LogP contribution in [0.2, 0.25) is 5.02 Å². The van der Waals surface area contributed by atoms with Crippen molar-refractivity contribution in [2.45, 2.75) is 33.2 Å². The van der Waals surface area contributed by atoms with Gasteiger partial charge in [0.05, 0.1) is 11.2 Å². The van der Waals surface area contributed by atoms with Crippen molar-refractivity contribution in [3.63, 3.8) is 0 Å². The van der Waals surface area contributed by atoms with Crippen LogP contribution >= 0.6 is 11.6 Å². The molecule has 1 aliphatic heterocycles. The van der Waals surface area contributed by atoms with E-state index in [2.05, 4.69) is 9.82 Å². The fourth-order valence-corrected chi connectivity index (χ4v) is 5.87. The Balaban J connectivity index is 1.72. The molecule has 0 saturated carbocycles. The van der Waals surface area contributed by atoms with Gasteiger partial charge in [0.2, 0.25) is 0 Å². The Morgan fingerprint density at radius 1 is 1.27 bits per heavy atom. The number of aryl methyl sites for hydroxylation is 2. The van der Waals surface area contributed by atoms with Crippen molar-refractivity contribution < 1.29 is 13.2 Å². The Bertz CT molecular complexity index is 1240. The van der Waals surface area contributed by atoms with Crippen molar-refractivity contribution in [1.29, 1.82) is 0 Å². The largest absolute Gasteiger partial charge is 0.304 e. The molecule has 1 aliphatic rings. The van der Waals surface area contributed by atoms with Crippen LogP contribution in [0.15, 0.2) is 30.5 Å². The number of fused-ring (bicyclic) bond motifs is 1. The molecule has 1 fully saturated rings. The first-order valence-corrected chi connectivity index (χ1v) is 11.5. The normalized spacial score (nSPS) is 19.1. The molecule has 0 bridgehead atoms. The van der Waals surface area contributed by atoms with E-state index >= 15 is 0 Å². The van der Waals surface area contributed by atoms with Gasteiger partial charge >= 0.3 is 10.2 Å². The van der Waals surface area contributed by atoms with Gasteiger partial charge < -0.3 is 4.57 Å². The molecule has 3 heterocycles. The van der Waals surface area contributed by atoms with Gasteiger partial charge in [0.15, 0.2) is 0 Å². The van der Waals surface area contributed by atoms with Crippen LogP contribution in [0.5, 0.6) is 0 Å². The number of halogens is 1. The summed E-state index contributed by atoms with van der Waals surface area (Å²) in [7, 11) is -1.96. The second kappa shape index (κ2) is 7.40. The predicted molar refractivity (Wildman–Crippen MR) is 116 cm³/mol. The molecule has 10 heteroatoms. The van der Waals surface area contributed by atoms with Crippen LogP contribution < -0.4 is 4.72 Å². The van der Waals surface area contributed by atoms with Crippen LogP contribution in [-0.2, 0) is 28.5 Å². The fraction of sp³-hybridized carbons (Fsp3) is 0.400. The van der Waals surface area contributed by atoms with Gasteiger partial charge in [-0.1, -0.05) is 25.4 Å². The van der Waals surface area contributed by atoms with Crippen molar-refractivity contribution in [3.05, 3.63) is 46.7 Å². The van der Waals surface area contributed by atoms with Crippen molar-refractivity contribution in [1.82, 2.24) is 23.4 Å². The summed E-state index contributed by atoms with van der Waals surface area (Å²) in [5, 5.41) is 6.23. The first-order valence-electron chi connectivity index (χ1n) is 9.73. The lowest BCUT2D eigenvalue weighted by molar-refractivity contribution is -0.122. The summed E-state index contributed by atoms with van der Waals surface area (Å²) in [5.41, 5.74) is 2.73. The molecule has 3 aromatic rings. The number of nitrogens with one attached hydrogen (secondary N) is 1. The van der Waals surface area contributed by atoms with Crippen LogP contribution in [0.1, 0.15) is 25.1 Å². The van der Waals surface area contributed by atoms with E-state index in [1.165, 1.54) is 4.31 Å². The highest BCUT2D eigenvalue weighted by Gasteiger charge is 2.45. The Morgan fingerprint density at radius 2 is 2.00 bits per heavy atom. The van der Waals surface area contributed by atoms with Crippen LogP contribution in [0, 0.1) is 12.8 Å². The number of aromatic nitrogens is 3. The zero-order valence-electron chi connectivity index (χ0n) is 17.3. The SMILES string of the molecule is Cc1nn(C)c(-n2ccc3cc(Cl)ccc32)c1CCN1[C@H](C(C)C)C(=O)NS1(=O)=O. The first-order chi connectivity index (χ1) is 14.1. The molecule has 0 radical (unpaired) electrons. The molecule has 160 valence electrons. The zero-order valence-corrected chi connectivity index (χ0v) is 18.8. The van der Waals surface area contributed by atoms with Crippen LogP contribution in [0.4, 0.5) is 0 Å². The van der Waals surface area contributed by atoms with Gasteiger partial charge in [0.25, 0.3) is 5.91 Å². The first kappa shape index (κ1) is 20.9. The van der Waals surface area contributed by atoms with Gasteiger partial charge in [0, 0.05) is 35.8 Å². The summed E-state index contributed by atoms with van der Waals surface area (Å²) in [6.07, 6.45) is 2.38. The maximum atomic E-state index is 12.5. The molecule has 1 atom stereocenters. The number of carbonyl (C=O) groups is 1. The van der Waals surface area contributed by atoms with E-state index in [1.807, 2.05) is 62.8 Å². The third-order valence-corrected chi connectivity index (χ3v) is 7.25. The van der Waals surface area contributed by atoms with E-state index in [-0.39, 0.29) is 12.5 Å². The maximum Gasteiger partial charge on any atom is 0.304 e. The molecule has 8 nitrogen and oxygen atoms in total. The lowest BCUT2D eigenvalue weighted by Crippen LogP contribution is -2.40. The molecule has 1 N–H and O–H groups in total. The van der Waals surface area contributed by atoms with Gasteiger partial charge in [-0.2, -0.15) is 17.8 Å². The molecule has 1 amide bonds. The summed E-state index contributed by atoms with van der Waals surface area (Å²) in [5.74, 6) is 0.262. The van der Waals surface area contributed by atoms with Crippen LogP contribution in [0.25, 0.3) is 16.7 Å². The minimum Gasteiger partial charge on any atom is -0.301 e. The Hall–Kier alpha value is -2.36. The molecule has 1 saturated heterocycles. The highest BCUT2D eigenvalue weighted by molar-refractivity contribution is 7.88. The lowest BCUT2D eigenvalue weighted by Gasteiger charge is -2.22. The fourth-order valence-electron chi connectivity index (χ4n) is 4.22. The smallest absolute Gasteiger partial charge is 0.301 e. The second-order valence-electron chi connectivity index (χ2n) is 7.92. The zero-order chi connectivity index (χ0) is 21.8. The lowest BCUT2D eigenvalue weighted by atomic mass is 10.0. The Labute approximate surface area is 180 Å². The van der Waals surface area contributed by atoms with E-state index < -0.39 is 22.2 Å². The Morgan fingerprint density at radius 3 is 2.70 bits per heavy atom. The van der Waals surface area contributed by atoms with E-state index in [0.717, 1.165) is 28.0 Å². The van der Waals surface area contributed by atoms with Crippen molar-refractivity contribution in [2.24, 2.45) is 13.0 Å². The maximum absolute atomic E-state index is 12.5. The van der Waals surface area contributed by atoms with Crippen LogP contribution in [0.3, 0.4) is 0 Å². The Kier molecular flexibility index (Phi) is 5.16. The summed E-state index contributed by atoms with van der Waals surface area (Å²) in [6, 6.07) is 6.97. The van der Waals surface area contributed by atoms with Crippen molar-refractivity contribution in [3.8, 4) is 5.82 Å². The van der Waals surface area contributed by atoms with Gasteiger partial charge in [0.1, 0.15) is 11.9 Å². The average Bonchev–Trinajstić information content (AvgIpc) is 3.23. The third-order valence-electron chi connectivity index (χ3n) is 5.52. The third kappa shape index (κ3) is 3.40. The average molecular weight is 450 g/mol. The number of amides is 1. The van der Waals surface area contributed by atoms with E-state index in [0.29, 0.717) is 11.4 Å². The van der Waals surface area contributed by atoms with E-state index in [9.17, 15) is 13.2 Å². The number of benzene rings is 1. The molecule has 4 rings (SSSR count).